The molecule has 0 fully saturated rings. The van der Waals surface area contributed by atoms with Crippen molar-refractivity contribution in [2.45, 2.75) is 0 Å². The minimum Gasteiger partial charge on any atom is -0.0622 e. The summed E-state index contributed by atoms with van der Waals surface area (Å²) in [5.41, 5.74) is 1.07. The third kappa shape index (κ3) is 2.30. The standard InChI is InChI=1S/C7H7.Ti/c1-7-5-3-2-4-6-7;/h2-6H,1H2;. The summed E-state index contributed by atoms with van der Waals surface area (Å²) in [7, 11) is 0. The summed E-state index contributed by atoms with van der Waals surface area (Å²) in [5.74, 6) is 0. The average Bonchev–Trinajstić information content (AvgIpc) is 1.69. The van der Waals surface area contributed by atoms with E-state index in [4.69, 9.17) is 0 Å². The molecule has 0 spiro atoms. The van der Waals surface area contributed by atoms with Crippen LogP contribution in [0.2, 0.25) is 0 Å². The van der Waals surface area contributed by atoms with Crippen molar-refractivity contribution < 1.29 is 21.7 Å². The molecular weight excluding hydrogens is 132 g/mol. The zero-order valence-electron chi connectivity index (χ0n) is 4.59. The van der Waals surface area contributed by atoms with Crippen LogP contribution >= 0.6 is 0 Å². The van der Waals surface area contributed by atoms with Gasteiger partial charge in [0.15, 0.2) is 0 Å². The summed E-state index contributed by atoms with van der Waals surface area (Å²) in [4.78, 5) is 0. The summed E-state index contributed by atoms with van der Waals surface area (Å²) >= 11 is 0. The van der Waals surface area contributed by atoms with Crippen LogP contribution in [-0.2, 0) is 21.7 Å². The van der Waals surface area contributed by atoms with Gasteiger partial charge in [-0.2, -0.15) is 0 Å². The van der Waals surface area contributed by atoms with Gasteiger partial charge in [-0.25, -0.2) is 0 Å². The van der Waals surface area contributed by atoms with Gasteiger partial charge in [-0.3, -0.25) is 0 Å². The smallest absolute Gasteiger partial charge is 0 e. The summed E-state index contributed by atoms with van der Waals surface area (Å²) in [6, 6.07) is 9.87. The molecule has 0 atom stereocenters. The van der Waals surface area contributed by atoms with Gasteiger partial charge in [0.1, 0.15) is 0 Å². The fourth-order valence-corrected chi connectivity index (χ4v) is 0.478. The van der Waals surface area contributed by atoms with E-state index in [0.29, 0.717) is 0 Å². The normalized spacial score (nSPS) is 7.62. The van der Waals surface area contributed by atoms with Gasteiger partial charge in [-0.1, -0.05) is 30.3 Å². The molecule has 1 radical (unpaired) electrons. The van der Waals surface area contributed by atoms with E-state index in [1.807, 2.05) is 30.3 Å². The molecule has 1 aromatic carbocycles. The molecule has 0 aromatic heterocycles. The number of benzene rings is 1. The zero-order chi connectivity index (χ0) is 5.11. The molecule has 0 nitrogen and oxygen atoms in total. The largest absolute Gasteiger partial charge is 0.0622 e. The molecule has 0 saturated carbocycles. The Hall–Kier alpha value is -0.0657. The van der Waals surface area contributed by atoms with E-state index in [1.165, 1.54) is 0 Å². The van der Waals surface area contributed by atoms with Gasteiger partial charge < -0.3 is 0 Å². The van der Waals surface area contributed by atoms with Crippen molar-refractivity contribution in [2.75, 3.05) is 0 Å². The first-order chi connectivity index (χ1) is 3.39. The SMILES string of the molecule is [CH2]c1ccccc1.[Ti]. The Morgan fingerprint density at radius 2 is 1.50 bits per heavy atom. The van der Waals surface area contributed by atoms with E-state index in [2.05, 4.69) is 6.92 Å². The summed E-state index contributed by atoms with van der Waals surface area (Å²) in [6.07, 6.45) is 0. The van der Waals surface area contributed by atoms with Gasteiger partial charge >= 0.3 is 0 Å². The van der Waals surface area contributed by atoms with Gasteiger partial charge in [0.05, 0.1) is 0 Å². The number of rotatable bonds is 0. The van der Waals surface area contributed by atoms with Crippen LogP contribution in [0.1, 0.15) is 5.56 Å². The minimum atomic E-state index is 0. The Balaban J connectivity index is 0.000000490. The molecule has 0 aliphatic heterocycles. The Kier molecular flexibility index (Phi) is 3.85. The molecule has 39 valence electrons. The van der Waals surface area contributed by atoms with Crippen LogP contribution < -0.4 is 0 Å². The minimum absolute atomic E-state index is 0. The first-order valence-corrected chi connectivity index (χ1v) is 2.26. The Morgan fingerprint density at radius 3 is 1.75 bits per heavy atom. The third-order valence-electron chi connectivity index (χ3n) is 0.843. The quantitative estimate of drug-likeness (QED) is 0.481. The van der Waals surface area contributed by atoms with Gasteiger partial charge in [-0.15, -0.1) is 0 Å². The predicted octanol–water partition coefficient (Wildman–Crippen LogP) is 1.87. The second kappa shape index (κ2) is 3.88. The summed E-state index contributed by atoms with van der Waals surface area (Å²) < 4.78 is 0. The van der Waals surface area contributed by atoms with Crippen molar-refractivity contribution in [3.05, 3.63) is 42.8 Å². The molecule has 1 heteroatoms. The molecule has 0 aliphatic carbocycles. The molecule has 0 bridgehead atoms. The van der Waals surface area contributed by atoms with Gasteiger partial charge in [0.25, 0.3) is 0 Å². The van der Waals surface area contributed by atoms with Crippen LogP contribution in [0.25, 0.3) is 0 Å². The first-order valence-electron chi connectivity index (χ1n) is 2.26. The summed E-state index contributed by atoms with van der Waals surface area (Å²) in [5, 5.41) is 0. The molecule has 1 rings (SSSR count). The van der Waals surface area contributed by atoms with Crippen LogP contribution in [0.15, 0.2) is 30.3 Å². The molecular formula is C7H7Ti. The second-order valence-electron chi connectivity index (χ2n) is 1.49. The van der Waals surface area contributed by atoms with Crippen LogP contribution in [0.3, 0.4) is 0 Å². The van der Waals surface area contributed by atoms with Crippen LogP contribution in [0.5, 0.6) is 0 Å². The Bertz CT molecular complexity index is 134. The van der Waals surface area contributed by atoms with Crippen molar-refractivity contribution in [3.8, 4) is 0 Å². The van der Waals surface area contributed by atoms with E-state index in [9.17, 15) is 0 Å². The molecule has 0 aliphatic rings. The molecule has 1 aromatic rings. The topological polar surface area (TPSA) is 0 Å². The van der Waals surface area contributed by atoms with Gasteiger partial charge in [0, 0.05) is 21.7 Å². The molecule has 0 amide bonds. The van der Waals surface area contributed by atoms with Crippen LogP contribution in [-0.4, -0.2) is 0 Å². The van der Waals surface area contributed by atoms with E-state index in [1.54, 1.807) is 0 Å². The fourth-order valence-electron chi connectivity index (χ4n) is 0.478. The average molecular weight is 139 g/mol. The summed E-state index contributed by atoms with van der Waals surface area (Å²) in [6.45, 7) is 3.72. The maximum atomic E-state index is 3.72. The fraction of sp³-hybridized carbons (Fsp3) is 0. The van der Waals surface area contributed by atoms with E-state index in [-0.39, 0.29) is 21.7 Å². The van der Waals surface area contributed by atoms with Crippen molar-refractivity contribution >= 4 is 0 Å². The van der Waals surface area contributed by atoms with E-state index in [0.717, 1.165) is 5.56 Å². The van der Waals surface area contributed by atoms with Crippen molar-refractivity contribution in [1.29, 1.82) is 0 Å². The molecule has 0 saturated heterocycles. The second-order valence-corrected chi connectivity index (χ2v) is 1.49. The molecule has 8 heavy (non-hydrogen) atoms. The molecule has 0 N–H and O–H groups in total. The maximum Gasteiger partial charge on any atom is 0 e. The molecule has 0 heterocycles. The maximum absolute atomic E-state index is 3.72. The first kappa shape index (κ1) is 7.93. The van der Waals surface area contributed by atoms with Crippen LogP contribution in [0, 0.1) is 6.92 Å². The van der Waals surface area contributed by atoms with Gasteiger partial charge in [0.2, 0.25) is 0 Å². The monoisotopic (exact) mass is 139 g/mol. The van der Waals surface area contributed by atoms with Gasteiger partial charge in [-0.05, 0) is 12.5 Å². The Morgan fingerprint density at radius 1 is 1.00 bits per heavy atom. The van der Waals surface area contributed by atoms with Crippen LogP contribution in [0.4, 0.5) is 0 Å². The van der Waals surface area contributed by atoms with E-state index >= 15 is 0 Å². The predicted molar refractivity (Wildman–Crippen MR) is 30.9 cm³/mol. The van der Waals surface area contributed by atoms with Crippen molar-refractivity contribution in [3.63, 3.8) is 0 Å². The zero-order valence-corrected chi connectivity index (χ0v) is 6.16. The van der Waals surface area contributed by atoms with Crippen molar-refractivity contribution in [2.24, 2.45) is 0 Å². The number of hydrogen-bond donors (Lipinski definition) is 0. The van der Waals surface area contributed by atoms with E-state index < -0.39 is 0 Å². The van der Waals surface area contributed by atoms with Crippen molar-refractivity contribution in [1.82, 2.24) is 0 Å². The molecule has 0 unspecified atom stereocenters. The Labute approximate surface area is 64.8 Å². The number of hydrogen-bond acceptors (Lipinski definition) is 0. The third-order valence-corrected chi connectivity index (χ3v) is 0.843.